The number of hydrogen-bond donors (Lipinski definition) is 3. The van der Waals surface area contributed by atoms with Crippen molar-refractivity contribution in [1.29, 1.82) is 0 Å². The number of esters is 1. The van der Waals surface area contributed by atoms with Crippen molar-refractivity contribution in [1.82, 2.24) is 10.6 Å². The second kappa shape index (κ2) is 10.4. The molecule has 11 nitrogen and oxygen atoms in total. The maximum atomic E-state index is 12.3. The number of urea groups is 1. The van der Waals surface area contributed by atoms with Crippen molar-refractivity contribution in [2.75, 3.05) is 25.6 Å². The molecule has 0 fully saturated rings. The van der Waals surface area contributed by atoms with Crippen molar-refractivity contribution in [3.05, 3.63) is 33.9 Å². The third kappa shape index (κ3) is 8.13. The van der Waals surface area contributed by atoms with Crippen LogP contribution < -0.4 is 16.0 Å². The van der Waals surface area contributed by atoms with Crippen LogP contribution in [0.2, 0.25) is 0 Å². The molecule has 1 rings (SSSR count). The first-order chi connectivity index (χ1) is 13.4. The van der Waals surface area contributed by atoms with Gasteiger partial charge in [0.15, 0.2) is 6.10 Å². The van der Waals surface area contributed by atoms with Gasteiger partial charge in [-0.05, 0) is 39.8 Å². The highest BCUT2D eigenvalue weighted by Crippen LogP contribution is 2.26. The summed E-state index contributed by atoms with van der Waals surface area (Å²) in [7, 11) is 1.50. The van der Waals surface area contributed by atoms with E-state index in [0.29, 0.717) is 13.2 Å². The molecule has 1 atom stereocenters. The number of carbonyl (C=O) groups excluding carboxylic acids is 3. The van der Waals surface area contributed by atoms with Gasteiger partial charge < -0.3 is 20.1 Å². The number of amides is 3. The number of anilines is 1. The second-order valence-electron chi connectivity index (χ2n) is 7.15. The van der Waals surface area contributed by atoms with Crippen LogP contribution >= 0.6 is 0 Å². The Balaban J connectivity index is 2.80. The Morgan fingerprint density at radius 2 is 1.90 bits per heavy atom. The molecule has 0 aromatic heterocycles. The summed E-state index contributed by atoms with van der Waals surface area (Å²) in [5.41, 5.74) is -0.763. The van der Waals surface area contributed by atoms with Gasteiger partial charge in [-0.25, -0.2) is 9.59 Å². The summed E-state index contributed by atoms with van der Waals surface area (Å²) >= 11 is 0. The largest absolute Gasteiger partial charge is 0.449 e. The van der Waals surface area contributed by atoms with Gasteiger partial charge >= 0.3 is 12.0 Å². The zero-order valence-electron chi connectivity index (χ0n) is 17.0. The number of nitrogens with zero attached hydrogens (tertiary/aromatic N) is 1. The molecule has 0 spiro atoms. The summed E-state index contributed by atoms with van der Waals surface area (Å²) < 4.78 is 9.88. The normalized spacial score (nSPS) is 11.9. The maximum Gasteiger partial charge on any atom is 0.339 e. The number of nitro groups is 1. The number of nitro benzene ring substituents is 1. The van der Waals surface area contributed by atoms with Crippen molar-refractivity contribution in [2.45, 2.75) is 39.3 Å². The first-order valence-corrected chi connectivity index (χ1v) is 8.80. The molecule has 3 amide bonds. The molecule has 11 heteroatoms. The number of carbonyl (C=O) groups is 3. The van der Waals surface area contributed by atoms with Crippen LogP contribution in [0.25, 0.3) is 0 Å². The smallest absolute Gasteiger partial charge is 0.339 e. The van der Waals surface area contributed by atoms with Gasteiger partial charge in [0.25, 0.3) is 11.6 Å². The highest BCUT2D eigenvalue weighted by molar-refractivity contribution is 5.99. The van der Waals surface area contributed by atoms with Gasteiger partial charge in [-0.3, -0.25) is 20.2 Å². The van der Waals surface area contributed by atoms with E-state index in [0.717, 1.165) is 6.07 Å². The van der Waals surface area contributed by atoms with Gasteiger partial charge in [0, 0.05) is 25.3 Å². The van der Waals surface area contributed by atoms with E-state index >= 15 is 0 Å². The fraction of sp³-hybridized carbons (Fsp3) is 0.500. The lowest BCUT2D eigenvalue weighted by molar-refractivity contribution is -0.384. The molecule has 0 saturated heterocycles. The standard InChI is InChI=1S/C18H26N4O7/c1-11(15(23)20-17(25)21-18(2,3)4)29-16(24)12-6-7-13(19-8-9-28-5)14(10-12)22(26)27/h6-7,10-11,19H,8-9H2,1-5H3,(H2,20,21,23,25). The molecule has 1 aromatic carbocycles. The zero-order chi connectivity index (χ0) is 22.2. The first kappa shape index (κ1) is 23.8. The third-order valence-corrected chi connectivity index (χ3v) is 3.43. The number of rotatable bonds is 8. The number of ether oxygens (including phenoxy) is 2. The van der Waals surface area contributed by atoms with Crippen molar-refractivity contribution in [3.8, 4) is 0 Å². The monoisotopic (exact) mass is 410 g/mol. The SMILES string of the molecule is COCCNc1ccc(C(=O)OC(C)C(=O)NC(=O)NC(C)(C)C)cc1[N+](=O)[O-]. The van der Waals surface area contributed by atoms with Crippen LogP contribution in [-0.4, -0.2) is 54.7 Å². The van der Waals surface area contributed by atoms with E-state index in [-0.39, 0.29) is 16.9 Å². The van der Waals surface area contributed by atoms with Gasteiger partial charge in [0.05, 0.1) is 17.1 Å². The topological polar surface area (TPSA) is 149 Å². The van der Waals surface area contributed by atoms with Gasteiger partial charge in [0.1, 0.15) is 5.69 Å². The minimum atomic E-state index is -1.29. The first-order valence-electron chi connectivity index (χ1n) is 8.80. The molecule has 0 heterocycles. The predicted octanol–water partition coefficient (Wildman–Crippen LogP) is 1.82. The van der Waals surface area contributed by atoms with Gasteiger partial charge in [-0.15, -0.1) is 0 Å². The van der Waals surface area contributed by atoms with Crippen LogP contribution in [0.1, 0.15) is 38.1 Å². The van der Waals surface area contributed by atoms with Crippen LogP contribution in [0.5, 0.6) is 0 Å². The van der Waals surface area contributed by atoms with Crippen LogP contribution in [0.4, 0.5) is 16.2 Å². The van der Waals surface area contributed by atoms with Crippen LogP contribution in [0.3, 0.4) is 0 Å². The molecule has 0 aliphatic carbocycles. The molecule has 3 N–H and O–H groups in total. The molecule has 0 bridgehead atoms. The Bertz CT molecular complexity index is 774. The van der Waals surface area contributed by atoms with Crippen molar-refractivity contribution in [3.63, 3.8) is 0 Å². The van der Waals surface area contributed by atoms with Gasteiger partial charge in [-0.1, -0.05) is 0 Å². The van der Waals surface area contributed by atoms with Crippen LogP contribution in [-0.2, 0) is 14.3 Å². The van der Waals surface area contributed by atoms with Crippen LogP contribution in [0, 0.1) is 10.1 Å². The molecule has 1 unspecified atom stereocenters. The number of hydrogen-bond acceptors (Lipinski definition) is 8. The quantitative estimate of drug-likeness (QED) is 0.254. The fourth-order valence-corrected chi connectivity index (χ4v) is 2.11. The molecule has 160 valence electrons. The van der Waals surface area contributed by atoms with E-state index in [1.807, 2.05) is 0 Å². The number of nitrogens with one attached hydrogen (secondary N) is 3. The average Bonchev–Trinajstić information content (AvgIpc) is 2.60. The lowest BCUT2D eigenvalue weighted by atomic mass is 10.1. The molecule has 0 saturated carbocycles. The molecule has 0 radical (unpaired) electrons. The Kier molecular flexibility index (Phi) is 8.52. The lowest BCUT2D eigenvalue weighted by Gasteiger charge is -2.21. The highest BCUT2D eigenvalue weighted by Gasteiger charge is 2.24. The number of benzene rings is 1. The number of methoxy groups -OCH3 is 1. The third-order valence-electron chi connectivity index (χ3n) is 3.43. The Hall–Kier alpha value is -3.21. The van der Waals surface area contributed by atoms with E-state index < -0.39 is 34.5 Å². The summed E-state index contributed by atoms with van der Waals surface area (Å²) in [5, 5.41) is 18.7. The van der Waals surface area contributed by atoms with E-state index in [4.69, 9.17) is 9.47 Å². The predicted molar refractivity (Wildman–Crippen MR) is 105 cm³/mol. The molecular weight excluding hydrogens is 384 g/mol. The van der Waals surface area contributed by atoms with Gasteiger partial charge in [0.2, 0.25) is 0 Å². The summed E-state index contributed by atoms with van der Waals surface area (Å²) in [5.74, 6) is -1.76. The fourth-order valence-electron chi connectivity index (χ4n) is 2.11. The van der Waals surface area contributed by atoms with E-state index in [9.17, 15) is 24.5 Å². The summed E-state index contributed by atoms with van der Waals surface area (Å²) in [6, 6.07) is 3.02. The number of imide groups is 1. The summed E-state index contributed by atoms with van der Waals surface area (Å²) in [6.45, 7) is 7.18. The summed E-state index contributed by atoms with van der Waals surface area (Å²) in [4.78, 5) is 46.6. The van der Waals surface area contributed by atoms with E-state index in [1.165, 1.54) is 26.2 Å². The highest BCUT2D eigenvalue weighted by atomic mass is 16.6. The molecule has 0 aliphatic heterocycles. The Labute approximate surface area is 168 Å². The van der Waals surface area contributed by atoms with Crippen molar-refractivity contribution >= 4 is 29.3 Å². The van der Waals surface area contributed by atoms with Crippen LogP contribution in [0.15, 0.2) is 18.2 Å². The zero-order valence-corrected chi connectivity index (χ0v) is 17.0. The Morgan fingerprint density at radius 3 is 2.45 bits per heavy atom. The molecular formula is C18H26N4O7. The Morgan fingerprint density at radius 1 is 1.24 bits per heavy atom. The molecule has 1 aromatic rings. The minimum absolute atomic E-state index is 0.104. The lowest BCUT2D eigenvalue weighted by Crippen LogP contribution is -2.50. The van der Waals surface area contributed by atoms with E-state index in [1.54, 1.807) is 20.8 Å². The maximum absolute atomic E-state index is 12.3. The second-order valence-corrected chi connectivity index (χ2v) is 7.15. The summed E-state index contributed by atoms with van der Waals surface area (Å²) in [6.07, 6.45) is -1.29. The van der Waals surface area contributed by atoms with Crippen molar-refractivity contribution in [2.24, 2.45) is 0 Å². The van der Waals surface area contributed by atoms with E-state index in [2.05, 4.69) is 16.0 Å². The minimum Gasteiger partial charge on any atom is -0.449 e. The van der Waals surface area contributed by atoms with Crippen molar-refractivity contribution < 1.29 is 28.8 Å². The molecule has 0 aliphatic rings. The molecule has 29 heavy (non-hydrogen) atoms. The average molecular weight is 410 g/mol. The van der Waals surface area contributed by atoms with Gasteiger partial charge in [-0.2, -0.15) is 0 Å².